The van der Waals surface area contributed by atoms with Crippen molar-refractivity contribution in [3.8, 4) is 0 Å². The van der Waals surface area contributed by atoms with E-state index in [1.54, 1.807) is 24.3 Å². The maximum Gasteiger partial charge on any atom is 0.250 e. The van der Waals surface area contributed by atoms with Crippen molar-refractivity contribution in [1.29, 1.82) is 0 Å². The van der Waals surface area contributed by atoms with Crippen molar-refractivity contribution in [2.75, 3.05) is 5.32 Å². The number of halogens is 1. The van der Waals surface area contributed by atoms with Crippen LogP contribution in [-0.4, -0.2) is 34.6 Å². The second-order valence-corrected chi connectivity index (χ2v) is 9.71. The summed E-state index contributed by atoms with van der Waals surface area (Å²) in [6.45, 7) is 3.88. The molecule has 2 saturated heterocycles. The van der Waals surface area contributed by atoms with Crippen LogP contribution in [0.1, 0.15) is 35.1 Å². The largest absolute Gasteiger partial charge is 0.370 e. The lowest BCUT2D eigenvalue weighted by atomic mass is 9.76. The van der Waals surface area contributed by atoms with Crippen molar-refractivity contribution in [3.63, 3.8) is 0 Å². The molecular weight excluding hydrogens is 456 g/mol. The van der Waals surface area contributed by atoms with Gasteiger partial charge in [-0.1, -0.05) is 41.9 Å². The van der Waals surface area contributed by atoms with Gasteiger partial charge in [-0.3, -0.25) is 29.4 Å². The molecule has 0 radical (unpaired) electrons. The van der Waals surface area contributed by atoms with Crippen LogP contribution in [0.25, 0.3) is 0 Å². The van der Waals surface area contributed by atoms with E-state index in [1.165, 1.54) is 4.90 Å². The Hall–Kier alpha value is -3.23. The number of carbonyl (C=O) groups is 4. The zero-order chi connectivity index (χ0) is 24.4. The van der Waals surface area contributed by atoms with Gasteiger partial charge in [0, 0.05) is 28.7 Å². The molecule has 0 aliphatic carbocycles. The number of benzene rings is 2. The first-order valence-corrected chi connectivity index (χ1v) is 11.6. The fraction of sp³-hybridized carbons (Fsp3) is 0.360. The summed E-state index contributed by atoms with van der Waals surface area (Å²) >= 11 is 6.30. The molecule has 1 spiro atoms. The van der Waals surface area contributed by atoms with E-state index in [9.17, 15) is 19.2 Å². The number of hydrogen-bond donors (Lipinski definition) is 3. The number of imide groups is 1. The lowest BCUT2D eigenvalue weighted by Gasteiger charge is -2.29. The molecule has 0 saturated carbocycles. The number of nitrogens with one attached hydrogen (secondary N) is 2. The van der Waals surface area contributed by atoms with Crippen LogP contribution in [0, 0.1) is 25.7 Å². The van der Waals surface area contributed by atoms with Gasteiger partial charge in [0.25, 0.3) is 0 Å². The lowest BCUT2D eigenvalue weighted by Crippen LogP contribution is -2.53. The second kappa shape index (κ2) is 7.92. The van der Waals surface area contributed by atoms with E-state index in [-0.39, 0.29) is 31.2 Å². The van der Waals surface area contributed by atoms with Gasteiger partial charge in [0.1, 0.15) is 5.54 Å². The molecule has 5 rings (SSSR count). The molecule has 0 bridgehead atoms. The highest BCUT2D eigenvalue weighted by Gasteiger charge is 2.70. The first kappa shape index (κ1) is 22.6. The van der Waals surface area contributed by atoms with E-state index in [4.69, 9.17) is 17.3 Å². The minimum atomic E-state index is -1.40. The van der Waals surface area contributed by atoms with Crippen molar-refractivity contribution in [2.24, 2.45) is 17.6 Å². The van der Waals surface area contributed by atoms with E-state index in [0.717, 1.165) is 11.1 Å². The summed E-state index contributed by atoms with van der Waals surface area (Å²) in [5.74, 6) is -3.42. The van der Waals surface area contributed by atoms with Crippen LogP contribution >= 0.6 is 11.6 Å². The predicted octanol–water partition coefficient (Wildman–Crippen LogP) is 2.14. The summed E-state index contributed by atoms with van der Waals surface area (Å²) < 4.78 is 0. The quantitative estimate of drug-likeness (QED) is 0.566. The minimum Gasteiger partial charge on any atom is -0.370 e. The molecule has 0 unspecified atom stereocenters. The van der Waals surface area contributed by atoms with Crippen LogP contribution in [0.15, 0.2) is 36.4 Å². The van der Waals surface area contributed by atoms with Crippen molar-refractivity contribution in [1.82, 2.24) is 10.2 Å². The minimum absolute atomic E-state index is 0.0182. The number of anilines is 1. The van der Waals surface area contributed by atoms with Gasteiger partial charge in [0.2, 0.25) is 23.6 Å². The van der Waals surface area contributed by atoms with E-state index in [2.05, 4.69) is 10.6 Å². The lowest BCUT2D eigenvalue weighted by molar-refractivity contribution is -0.143. The number of aryl methyl sites for hydroxylation is 1. The molecule has 2 aromatic carbocycles. The molecule has 9 heteroatoms. The Morgan fingerprint density at radius 1 is 1.12 bits per heavy atom. The van der Waals surface area contributed by atoms with Crippen molar-refractivity contribution >= 4 is 40.9 Å². The normalized spacial score (nSPS) is 27.3. The van der Waals surface area contributed by atoms with Crippen molar-refractivity contribution in [3.05, 3.63) is 63.7 Å². The SMILES string of the molecule is Cc1ccc2c(c1C)NC(=O)[C@@]21N[C@H](CCC(N)=O)[C@H]2C(=O)N(Cc3ccccc3Cl)C(=O)[C@H]21. The number of likely N-dealkylation sites (tertiary alicyclic amines) is 1. The molecule has 8 nitrogen and oxygen atoms in total. The topological polar surface area (TPSA) is 122 Å². The molecule has 4 amide bonds. The molecule has 3 aliphatic heterocycles. The molecular formula is C25H25ClN4O4. The number of carbonyl (C=O) groups excluding carboxylic acids is 4. The smallest absolute Gasteiger partial charge is 0.250 e. The van der Waals surface area contributed by atoms with Crippen molar-refractivity contribution < 1.29 is 19.2 Å². The predicted molar refractivity (Wildman–Crippen MR) is 126 cm³/mol. The van der Waals surface area contributed by atoms with Gasteiger partial charge in [0.05, 0.1) is 18.4 Å². The van der Waals surface area contributed by atoms with E-state index in [1.807, 2.05) is 26.0 Å². The third kappa shape index (κ3) is 3.09. The highest BCUT2D eigenvalue weighted by atomic mass is 35.5. The zero-order valence-corrected chi connectivity index (χ0v) is 19.6. The Labute approximate surface area is 201 Å². The Bertz CT molecular complexity index is 1260. The fourth-order valence-corrected chi connectivity index (χ4v) is 5.87. The highest BCUT2D eigenvalue weighted by Crippen LogP contribution is 2.54. The van der Waals surface area contributed by atoms with Gasteiger partial charge in [-0.05, 0) is 43.0 Å². The number of nitrogens with zero attached hydrogens (tertiary/aromatic N) is 1. The monoisotopic (exact) mass is 480 g/mol. The van der Waals surface area contributed by atoms with Crippen LogP contribution in [0.2, 0.25) is 5.02 Å². The van der Waals surface area contributed by atoms with Crippen LogP contribution in [-0.2, 0) is 31.3 Å². The van der Waals surface area contributed by atoms with Crippen LogP contribution in [0.5, 0.6) is 0 Å². The summed E-state index contributed by atoms with van der Waals surface area (Å²) in [6.07, 6.45) is 0.273. The van der Waals surface area contributed by atoms with Gasteiger partial charge in [-0.15, -0.1) is 0 Å². The number of fused-ring (bicyclic) bond motifs is 4. The maximum absolute atomic E-state index is 13.8. The molecule has 176 valence electrons. The fourth-order valence-electron chi connectivity index (χ4n) is 5.68. The number of primary amides is 1. The number of rotatable bonds is 5. The number of hydrogen-bond acceptors (Lipinski definition) is 5. The molecule has 4 atom stereocenters. The van der Waals surface area contributed by atoms with Crippen LogP contribution in [0.3, 0.4) is 0 Å². The highest BCUT2D eigenvalue weighted by molar-refractivity contribution is 6.31. The van der Waals surface area contributed by atoms with Crippen LogP contribution in [0.4, 0.5) is 5.69 Å². The zero-order valence-electron chi connectivity index (χ0n) is 18.9. The number of nitrogens with two attached hydrogens (primary N) is 1. The first-order valence-electron chi connectivity index (χ1n) is 11.2. The van der Waals surface area contributed by atoms with Gasteiger partial charge in [-0.25, -0.2) is 0 Å². The van der Waals surface area contributed by atoms with Gasteiger partial charge < -0.3 is 11.1 Å². The summed E-state index contributed by atoms with van der Waals surface area (Å²) in [5, 5.41) is 6.72. The molecule has 2 fully saturated rings. The number of amides is 4. The molecule has 34 heavy (non-hydrogen) atoms. The van der Waals surface area contributed by atoms with E-state index < -0.39 is 35.2 Å². The molecule has 2 aromatic rings. The molecule has 0 aromatic heterocycles. The Balaban J connectivity index is 1.61. The van der Waals surface area contributed by atoms with Gasteiger partial charge >= 0.3 is 0 Å². The molecule has 3 heterocycles. The maximum atomic E-state index is 13.8. The summed E-state index contributed by atoms with van der Waals surface area (Å²) in [7, 11) is 0. The van der Waals surface area contributed by atoms with E-state index >= 15 is 0 Å². The van der Waals surface area contributed by atoms with Gasteiger partial charge in [0.15, 0.2) is 0 Å². The average Bonchev–Trinajstić information content (AvgIpc) is 3.37. The van der Waals surface area contributed by atoms with Crippen LogP contribution < -0.4 is 16.4 Å². The summed E-state index contributed by atoms with van der Waals surface area (Å²) in [4.78, 5) is 53.7. The Morgan fingerprint density at radius 3 is 2.56 bits per heavy atom. The standard InChI is InChI=1S/C25H25ClN4O4/c1-12-7-8-15-21(13(12)2)28-24(34)25(15)20-19(17(29-25)9-10-18(27)31)22(32)30(23(20)33)11-14-5-3-4-6-16(14)26/h3-8,17,19-20,29H,9-11H2,1-2H3,(H2,27,31)(H,28,34)/t17-,19-,20+,25-/m1/s1. The Morgan fingerprint density at radius 2 is 1.85 bits per heavy atom. The first-order chi connectivity index (χ1) is 16.2. The van der Waals surface area contributed by atoms with Gasteiger partial charge in [-0.2, -0.15) is 0 Å². The Kier molecular flexibility index (Phi) is 5.26. The van der Waals surface area contributed by atoms with E-state index in [0.29, 0.717) is 21.8 Å². The summed E-state index contributed by atoms with van der Waals surface area (Å²) in [5.41, 5.74) is 7.85. The third-order valence-corrected chi connectivity index (χ3v) is 7.87. The average molecular weight is 481 g/mol. The molecule has 4 N–H and O–H groups in total. The van der Waals surface area contributed by atoms with Crippen molar-refractivity contribution in [2.45, 2.75) is 44.8 Å². The second-order valence-electron chi connectivity index (χ2n) is 9.31. The summed E-state index contributed by atoms with van der Waals surface area (Å²) in [6, 6.07) is 10.2. The molecule has 3 aliphatic rings. The third-order valence-electron chi connectivity index (χ3n) is 7.50.